The van der Waals surface area contributed by atoms with Crippen LogP contribution in [0.15, 0.2) is 66.0 Å². The van der Waals surface area contributed by atoms with Crippen LogP contribution in [-0.2, 0) is 16.1 Å². The maximum Gasteiger partial charge on any atom is 0.274 e. The van der Waals surface area contributed by atoms with Crippen molar-refractivity contribution < 1.29 is 14.4 Å². The summed E-state index contributed by atoms with van der Waals surface area (Å²) in [5, 5.41) is 5.52. The highest BCUT2D eigenvalue weighted by Crippen LogP contribution is 2.22. The summed E-state index contributed by atoms with van der Waals surface area (Å²) in [5.74, 6) is -0.418. The minimum atomic E-state index is -0.295. The second-order valence-corrected chi connectivity index (χ2v) is 8.92. The van der Waals surface area contributed by atoms with Crippen LogP contribution < -0.4 is 5.32 Å². The largest absolute Gasteiger partial charge is 0.339 e. The van der Waals surface area contributed by atoms with Crippen LogP contribution in [0.2, 0.25) is 0 Å². The molecule has 9 heteroatoms. The highest BCUT2D eigenvalue weighted by molar-refractivity contribution is 7.14. The highest BCUT2D eigenvalue weighted by Gasteiger charge is 2.27. The molecule has 0 bridgehead atoms. The monoisotopic (exact) mass is 477 g/mol. The number of hydrogen-bond acceptors (Lipinski definition) is 6. The number of nitrogens with one attached hydrogen (secondary N) is 1. The van der Waals surface area contributed by atoms with Gasteiger partial charge in [-0.25, -0.2) is 4.98 Å². The average Bonchev–Trinajstić information content (AvgIpc) is 3.33. The molecule has 0 radical (unpaired) electrons. The molecule has 2 aromatic carbocycles. The van der Waals surface area contributed by atoms with Crippen molar-refractivity contribution >= 4 is 39.9 Å². The van der Waals surface area contributed by atoms with E-state index in [4.69, 9.17) is 0 Å². The first kappa shape index (κ1) is 23.4. The number of para-hydroxylation sites is 1. The van der Waals surface area contributed by atoms with Crippen LogP contribution in [0.3, 0.4) is 0 Å². The molecule has 0 spiro atoms. The van der Waals surface area contributed by atoms with Crippen LogP contribution in [0.25, 0.3) is 0 Å². The quantitative estimate of drug-likeness (QED) is 0.565. The van der Waals surface area contributed by atoms with Crippen molar-refractivity contribution in [1.29, 1.82) is 0 Å². The van der Waals surface area contributed by atoms with Crippen molar-refractivity contribution in [1.82, 2.24) is 19.7 Å². The number of carbonyl (C=O) groups is 3. The molecule has 0 unspecified atom stereocenters. The molecule has 8 nitrogen and oxygen atoms in total. The Morgan fingerprint density at radius 1 is 0.941 bits per heavy atom. The molecule has 1 aromatic heterocycles. The number of nitrogens with zero attached hydrogens (tertiary/aromatic N) is 4. The van der Waals surface area contributed by atoms with Gasteiger partial charge in [0, 0.05) is 50.7 Å². The first-order valence-corrected chi connectivity index (χ1v) is 12.0. The zero-order valence-electron chi connectivity index (χ0n) is 19.0. The summed E-state index contributed by atoms with van der Waals surface area (Å²) in [6.45, 7) is 3.74. The van der Waals surface area contributed by atoms with Crippen molar-refractivity contribution in [2.24, 2.45) is 0 Å². The van der Waals surface area contributed by atoms with Crippen molar-refractivity contribution in [2.45, 2.75) is 13.5 Å². The van der Waals surface area contributed by atoms with Gasteiger partial charge in [-0.2, -0.15) is 0 Å². The summed E-state index contributed by atoms with van der Waals surface area (Å²) in [6, 6.07) is 19.2. The second-order valence-electron chi connectivity index (χ2n) is 8.06. The number of rotatable bonds is 7. The zero-order valence-corrected chi connectivity index (χ0v) is 19.8. The molecule has 3 amide bonds. The van der Waals surface area contributed by atoms with Gasteiger partial charge in [-0.15, -0.1) is 11.3 Å². The van der Waals surface area contributed by atoms with E-state index in [1.807, 2.05) is 60.7 Å². The Morgan fingerprint density at radius 2 is 1.56 bits per heavy atom. The number of amides is 3. The van der Waals surface area contributed by atoms with E-state index in [0.717, 1.165) is 11.3 Å². The molecule has 0 aliphatic carbocycles. The number of thiazole rings is 1. The first-order chi connectivity index (χ1) is 16.5. The molecule has 0 saturated carbocycles. The number of aromatic nitrogens is 1. The van der Waals surface area contributed by atoms with Crippen LogP contribution >= 0.6 is 11.3 Å². The number of benzene rings is 2. The van der Waals surface area contributed by atoms with Gasteiger partial charge in [-0.3, -0.25) is 14.4 Å². The highest BCUT2D eigenvalue weighted by atomic mass is 32.1. The van der Waals surface area contributed by atoms with E-state index in [-0.39, 0.29) is 24.3 Å². The molecule has 176 valence electrons. The van der Waals surface area contributed by atoms with E-state index in [9.17, 15) is 14.4 Å². The van der Waals surface area contributed by atoms with Crippen molar-refractivity contribution in [3.05, 3.63) is 77.3 Å². The van der Waals surface area contributed by atoms with Crippen LogP contribution in [0.1, 0.15) is 23.0 Å². The summed E-state index contributed by atoms with van der Waals surface area (Å²) in [4.78, 5) is 47.5. The Labute approximate surface area is 202 Å². The summed E-state index contributed by atoms with van der Waals surface area (Å²) >= 11 is 1.34. The summed E-state index contributed by atoms with van der Waals surface area (Å²) in [6.07, 6.45) is 0. The smallest absolute Gasteiger partial charge is 0.274 e. The molecule has 0 atom stereocenters. The lowest BCUT2D eigenvalue weighted by Crippen LogP contribution is -2.52. The lowest BCUT2D eigenvalue weighted by atomic mass is 10.2. The molecule has 4 rings (SSSR count). The Hall–Kier alpha value is -3.72. The van der Waals surface area contributed by atoms with E-state index in [2.05, 4.69) is 10.3 Å². The lowest BCUT2D eigenvalue weighted by Gasteiger charge is -2.35. The number of hydrogen-bond donors (Lipinski definition) is 1. The third kappa shape index (κ3) is 5.99. The number of piperazine rings is 1. The maximum atomic E-state index is 13.4. The van der Waals surface area contributed by atoms with E-state index in [1.54, 1.807) is 15.2 Å². The van der Waals surface area contributed by atoms with Gasteiger partial charge >= 0.3 is 0 Å². The molecular weight excluding hydrogens is 450 g/mol. The standard InChI is InChI=1S/C25H27N5O3S/c1-19(31)28-12-14-29(15-13-28)23(32)17-30(16-20-8-4-2-5-9-20)24(33)22-18-34-25(27-22)26-21-10-6-3-7-11-21/h2-11,18H,12-17H2,1H3,(H,26,27). The number of anilines is 2. The normalized spacial score (nSPS) is 13.4. The van der Waals surface area contributed by atoms with Gasteiger partial charge in [0.2, 0.25) is 11.8 Å². The molecule has 1 N–H and O–H groups in total. The van der Waals surface area contributed by atoms with Crippen LogP contribution in [-0.4, -0.2) is 70.1 Å². The van der Waals surface area contributed by atoms with E-state index >= 15 is 0 Å². The fourth-order valence-electron chi connectivity index (χ4n) is 3.77. The molecule has 1 aliphatic heterocycles. The molecule has 3 aromatic rings. The topological polar surface area (TPSA) is 85.9 Å². The van der Waals surface area contributed by atoms with Crippen molar-refractivity contribution in [3.8, 4) is 0 Å². The molecule has 1 aliphatic rings. The third-order valence-electron chi connectivity index (χ3n) is 5.66. The van der Waals surface area contributed by atoms with Gasteiger partial charge in [-0.05, 0) is 17.7 Å². The third-order valence-corrected chi connectivity index (χ3v) is 6.41. The van der Waals surface area contributed by atoms with Crippen LogP contribution in [0.4, 0.5) is 10.8 Å². The van der Waals surface area contributed by atoms with Gasteiger partial charge in [-0.1, -0.05) is 48.5 Å². The Morgan fingerprint density at radius 3 is 2.21 bits per heavy atom. The Kier molecular flexibility index (Phi) is 7.54. The van der Waals surface area contributed by atoms with Gasteiger partial charge in [0.25, 0.3) is 5.91 Å². The van der Waals surface area contributed by atoms with E-state index in [1.165, 1.54) is 23.2 Å². The van der Waals surface area contributed by atoms with Gasteiger partial charge < -0.3 is 20.0 Å². The molecule has 1 saturated heterocycles. The first-order valence-electron chi connectivity index (χ1n) is 11.1. The second kappa shape index (κ2) is 10.9. The Bertz CT molecular complexity index is 1130. The lowest BCUT2D eigenvalue weighted by molar-refractivity contribution is -0.138. The fraction of sp³-hybridized carbons (Fsp3) is 0.280. The predicted molar refractivity (Wildman–Crippen MR) is 132 cm³/mol. The Balaban J connectivity index is 1.46. The summed E-state index contributed by atoms with van der Waals surface area (Å²) < 4.78 is 0. The minimum absolute atomic E-state index is 0.0106. The van der Waals surface area contributed by atoms with E-state index < -0.39 is 0 Å². The van der Waals surface area contributed by atoms with Gasteiger partial charge in [0.1, 0.15) is 12.2 Å². The summed E-state index contributed by atoms with van der Waals surface area (Å²) in [5.41, 5.74) is 2.12. The average molecular weight is 478 g/mol. The molecular formula is C25H27N5O3S. The molecule has 1 fully saturated rings. The maximum absolute atomic E-state index is 13.4. The van der Waals surface area contributed by atoms with Crippen molar-refractivity contribution in [2.75, 3.05) is 38.0 Å². The van der Waals surface area contributed by atoms with Gasteiger partial charge in [0.05, 0.1) is 0 Å². The summed E-state index contributed by atoms with van der Waals surface area (Å²) in [7, 11) is 0. The van der Waals surface area contributed by atoms with Crippen LogP contribution in [0.5, 0.6) is 0 Å². The van der Waals surface area contributed by atoms with Crippen LogP contribution in [0, 0.1) is 0 Å². The van der Waals surface area contributed by atoms with Gasteiger partial charge in [0.15, 0.2) is 5.13 Å². The van der Waals surface area contributed by atoms with E-state index in [0.29, 0.717) is 43.5 Å². The zero-order chi connectivity index (χ0) is 23.9. The molecule has 34 heavy (non-hydrogen) atoms. The minimum Gasteiger partial charge on any atom is -0.339 e. The van der Waals surface area contributed by atoms with Crippen molar-refractivity contribution in [3.63, 3.8) is 0 Å². The number of carbonyl (C=O) groups excluding carboxylic acids is 3. The predicted octanol–water partition coefficient (Wildman–Crippen LogP) is 3.22. The fourth-order valence-corrected chi connectivity index (χ4v) is 4.48. The SMILES string of the molecule is CC(=O)N1CCN(C(=O)CN(Cc2ccccc2)C(=O)c2csc(Nc3ccccc3)n2)CC1. The molecule has 2 heterocycles.